The second-order valence-electron chi connectivity index (χ2n) is 5.04. The smallest absolute Gasteiger partial charge is 0.196 e. The van der Waals surface area contributed by atoms with E-state index in [1.165, 1.54) is 5.57 Å². The van der Waals surface area contributed by atoms with Crippen LogP contribution in [0, 0.1) is 17.8 Å². The first-order chi connectivity index (χ1) is 7.67. The van der Waals surface area contributed by atoms with Crippen molar-refractivity contribution in [2.45, 2.75) is 25.7 Å². The third kappa shape index (κ3) is 1.14. The van der Waals surface area contributed by atoms with Gasteiger partial charge in [0.25, 0.3) is 0 Å². The van der Waals surface area contributed by atoms with Crippen molar-refractivity contribution in [1.29, 1.82) is 0 Å². The minimum Gasteiger partial charge on any atom is -0.392 e. The van der Waals surface area contributed by atoms with E-state index in [1.54, 1.807) is 0 Å². The van der Waals surface area contributed by atoms with Gasteiger partial charge < -0.3 is 14.6 Å². The van der Waals surface area contributed by atoms with Gasteiger partial charge in [-0.05, 0) is 11.5 Å². The maximum Gasteiger partial charge on any atom is 0.196 e. The molecule has 1 saturated heterocycles. The van der Waals surface area contributed by atoms with Gasteiger partial charge in [-0.1, -0.05) is 32.1 Å². The second kappa shape index (κ2) is 3.42. The fraction of sp³-hybridized carbons (Fsp3) is 0.692. The summed E-state index contributed by atoms with van der Waals surface area (Å²) in [5, 5.41) is 10.3. The lowest BCUT2D eigenvalue weighted by Crippen LogP contribution is -2.54. The van der Waals surface area contributed by atoms with Crippen LogP contribution >= 0.6 is 0 Å². The normalized spacial score (nSPS) is 44.8. The van der Waals surface area contributed by atoms with Crippen LogP contribution < -0.4 is 0 Å². The Morgan fingerprint density at radius 3 is 2.69 bits per heavy atom. The minimum absolute atomic E-state index is 0.00704. The summed E-state index contributed by atoms with van der Waals surface area (Å²) < 4.78 is 11.7. The van der Waals surface area contributed by atoms with Crippen molar-refractivity contribution in [2.24, 2.45) is 17.8 Å². The highest BCUT2D eigenvalue weighted by Crippen LogP contribution is 2.51. The molecule has 1 N–H and O–H groups in total. The van der Waals surface area contributed by atoms with Gasteiger partial charge >= 0.3 is 0 Å². The number of fused-ring (bicyclic) bond motifs is 2. The molecular weight excluding hydrogens is 204 g/mol. The van der Waals surface area contributed by atoms with Crippen LogP contribution in [0.5, 0.6) is 0 Å². The fourth-order valence-electron chi connectivity index (χ4n) is 3.31. The van der Waals surface area contributed by atoms with Crippen molar-refractivity contribution < 1.29 is 14.6 Å². The fourth-order valence-corrected chi connectivity index (χ4v) is 3.31. The summed E-state index contributed by atoms with van der Waals surface area (Å²) in [5.41, 5.74) is 1.19. The molecule has 3 heteroatoms. The van der Waals surface area contributed by atoms with Crippen molar-refractivity contribution in [3.05, 3.63) is 23.8 Å². The minimum atomic E-state index is -0.667. The van der Waals surface area contributed by atoms with Gasteiger partial charge in [-0.2, -0.15) is 0 Å². The quantitative estimate of drug-likeness (QED) is 0.675. The lowest BCUT2D eigenvalue weighted by atomic mass is 9.68. The van der Waals surface area contributed by atoms with E-state index >= 15 is 0 Å². The van der Waals surface area contributed by atoms with Gasteiger partial charge in [0.15, 0.2) is 5.79 Å². The Balaban J connectivity index is 2.04. The Kier molecular flexibility index (Phi) is 2.25. The summed E-state index contributed by atoms with van der Waals surface area (Å²) >= 11 is 0. The first-order valence-electron chi connectivity index (χ1n) is 6.01. The number of aliphatic hydroxyl groups excluding tert-OH is 1. The van der Waals surface area contributed by atoms with Gasteiger partial charge in [-0.3, -0.25) is 0 Å². The summed E-state index contributed by atoms with van der Waals surface area (Å²) in [5.74, 6) is -0.171. The molecule has 88 valence electrons. The van der Waals surface area contributed by atoms with Crippen LogP contribution in [0.15, 0.2) is 23.8 Å². The molecular formula is C13H18O3. The zero-order valence-corrected chi connectivity index (χ0v) is 9.72. The SMILES string of the molecule is C[C@@H]1[C@H](O)[C@H](C)C2(OCCO2)C2=CC=C[C@H]21. The summed E-state index contributed by atoms with van der Waals surface area (Å²) in [4.78, 5) is 0. The van der Waals surface area contributed by atoms with Crippen molar-refractivity contribution in [1.82, 2.24) is 0 Å². The first kappa shape index (κ1) is 10.5. The van der Waals surface area contributed by atoms with Crippen LogP contribution in [0.1, 0.15) is 13.8 Å². The lowest BCUT2D eigenvalue weighted by molar-refractivity contribution is -0.211. The predicted molar refractivity (Wildman–Crippen MR) is 59.7 cm³/mol. The average molecular weight is 222 g/mol. The second-order valence-corrected chi connectivity index (χ2v) is 5.04. The van der Waals surface area contributed by atoms with E-state index in [-0.39, 0.29) is 23.9 Å². The first-order valence-corrected chi connectivity index (χ1v) is 6.01. The highest BCUT2D eigenvalue weighted by molar-refractivity contribution is 5.37. The van der Waals surface area contributed by atoms with Gasteiger partial charge in [0, 0.05) is 11.8 Å². The molecule has 0 aromatic heterocycles. The van der Waals surface area contributed by atoms with Crippen LogP contribution in [0.4, 0.5) is 0 Å². The Morgan fingerprint density at radius 2 is 2.00 bits per heavy atom. The van der Waals surface area contributed by atoms with E-state index in [2.05, 4.69) is 19.1 Å². The van der Waals surface area contributed by atoms with Gasteiger partial charge in [0.1, 0.15) is 0 Å². The molecule has 0 unspecified atom stereocenters. The molecule has 0 aromatic carbocycles. The molecule has 0 bridgehead atoms. The summed E-state index contributed by atoms with van der Waals surface area (Å²) in [6.45, 7) is 5.35. The van der Waals surface area contributed by atoms with Crippen molar-refractivity contribution in [2.75, 3.05) is 13.2 Å². The van der Waals surface area contributed by atoms with E-state index in [0.717, 1.165) is 0 Å². The number of aliphatic hydroxyl groups is 1. The summed E-state index contributed by atoms with van der Waals surface area (Å²) in [6, 6.07) is 0. The van der Waals surface area contributed by atoms with Crippen molar-refractivity contribution in [3.8, 4) is 0 Å². The molecule has 2 aliphatic carbocycles. The van der Waals surface area contributed by atoms with Gasteiger partial charge in [0.2, 0.25) is 0 Å². The zero-order valence-electron chi connectivity index (χ0n) is 9.72. The molecule has 1 saturated carbocycles. The maximum absolute atomic E-state index is 10.3. The molecule has 1 aliphatic heterocycles. The van der Waals surface area contributed by atoms with Gasteiger partial charge in [-0.15, -0.1) is 0 Å². The highest BCUT2D eigenvalue weighted by atomic mass is 16.7. The molecule has 16 heavy (non-hydrogen) atoms. The van der Waals surface area contributed by atoms with Crippen LogP contribution in [0.2, 0.25) is 0 Å². The van der Waals surface area contributed by atoms with E-state index in [1.807, 2.05) is 13.0 Å². The van der Waals surface area contributed by atoms with E-state index < -0.39 is 5.79 Å². The standard InChI is InChI=1S/C13H18O3/c1-8-10-4-3-5-11(10)13(9(2)12(8)14)15-6-7-16-13/h3-5,8-10,12,14H,6-7H2,1-2H3/t8-,9-,10-,12-/m0/s1. The molecule has 3 aliphatic rings. The molecule has 4 atom stereocenters. The number of hydrogen-bond acceptors (Lipinski definition) is 3. The predicted octanol–water partition coefficient (Wildman–Crippen LogP) is 1.49. The highest BCUT2D eigenvalue weighted by Gasteiger charge is 2.56. The van der Waals surface area contributed by atoms with Crippen LogP contribution in [-0.4, -0.2) is 30.2 Å². The van der Waals surface area contributed by atoms with Gasteiger partial charge in [0.05, 0.1) is 19.3 Å². The van der Waals surface area contributed by atoms with Gasteiger partial charge in [-0.25, -0.2) is 0 Å². The lowest BCUT2D eigenvalue weighted by Gasteiger charge is -2.47. The molecule has 3 rings (SSSR count). The van der Waals surface area contributed by atoms with Crippen LogP contribution in [0.3, 0.4) is 0 Å². The third-order valence-electron chi connectivity index (χ3n) is 4.29. The third-order valence-corrected chi connectivity index (χ3v) is 4.29. The monoisotopic (exact) mass is 222 g/mol. The molecule has 0 radical (unpaired) electrons. The average Bonchev–Trinajstić information content (AvgIpc) is 2.92. The van der Waals surface area contributed by atoms with E-state index in [4.69, 9.17) is 9.47 Å². The largest absolute Gasteiger partial charge is 0.392 e. The Morgan fingerprint density at radius 1 is 1.31 bits per heavy atom. The van der Waals surface area contributed by atoms with Crippen molar-refractivity contribution in [3.63, 3.8) is 0 Å². The van der Waals surface area contributed by atoms with Crippen LogP contribution in [-0.2, 0) is 9.47 Å². The molecule has 0 amide bonds. The van der Waals surface area contributed by atoms with E-state index in [9.17, 15) is 5.11 Å². The number of rotatable bonds is 0. The number of hydrogen-bond donors (Lipinski definition) is 1. The number of ether oxygens (including phenoxy) is 2. The summed E-state index contributed by atoms with van der Waals surface area (Å²) in [7, 11) is 0. The Labute approximate surface area is 95.7 Å². The Bertz CT molecular complexity index is 352. The molecule has 3 nitrogen and oxygen atoms in total. The molecule has 0 aromatic rings. The zero-order chi connectivity index (χ0) is 11.3. The van der Waals surface area contributed by atoms with Crippen LogP contribution in [0.25, 0.3) is 0 Å². The summed E-state index contributed by atoms with van der Waals surface area (Å²) in [6.07, 6.45) is 5.91. The maximum atomic E-state index is 10.3. The molecule has 1 heterocycles. The number of allylic oxidation sites excluding steroid dienone is 3. The van der Waals surface area contributed by atoms with E-state index in [0.29, 0.717) is 13.2 Å². The molecule has 1 spiro atoms. The van der Waals surface area contributed by atoms with Crippen molar-refractivity contribution >= 4 is 0 Å². The molecule has 2 fully saturated rings. The Hall–Kier alpha value is -0.640. The topological polar surface area (TPSA) is 38.7 Å².